The topological polar surface area (TPSA) is 101 Å². The van der Waals surface area contributed by atoms with E-state index >= 15 is 0 Å². The van der Waals surface area contributed by atoms with Crippen molar-refractivity contribution in [3.8, 4) is 10.6 Å². The highest BCUT2D eigenvalue weighted by atomic mass is 32.1. The maximum Gasteiger partial charge on any atom is 0.261 e. The second-order valence-electron chi connectivity index (χ2n) is 9.20. The first-order valence-electron chi connectivity index (χ1n) is 12.4. The maximum absolute atomic E-state index is 13.4. The minimum absolute atomic E-state index is 0.152. The third-order valence-corrected chi connectivity index (χ3v) is 7.45. The van der Waals surface area contributed by atoms with Crippen molar-refractivity contribution >= 4 is 49.8 Å². The highest BCUT2D eigenvalue weighted by molar-refractivity contribution is 7.21. The van der Waals surface area contributed by atoms with Crippen LogP contribution in [0.15, 0.2) is 94.5 Å². The Bertz CT molecular complexity index is 1910. The molecule has 39 heavy (non-hydrogen) atoms. The number of aryl methyl sites for hydroxylation is 2. The van der Waals surface area contributed by atoms with Crippen molar-refractivity contribution in [1.29, 1.82) is 0 Å². The Balaban J connectivity index is 1.44. The van der Waals surface area contributed by atoms with Gasteiger partial charge in [-0.15, -0.1) is 11.3 Å². The van der Waals surface area contributed by atoms with Crippen molar-refractivity contribution in [1.82, 2.24) is 9.97 Å². The fourth-order valence-corrected chi connectivity index (χ4v) is 5.40. The van der Waals surface area contributed by atoms with Crippen LogP contribution in [0.2, 0.25) is 0 Å². The van der Waals surface area contributed by atoms with Gasteiger partial charge in [0.15, 0.2) is 5.58 Å². The molecule has 0 saturated carbocycles. The number of anilines is 1. The van der Waals surface area contributed by atoms with Gasteiger partial charge in [-0.25, -0.2) is 9.98 Å². The van der Waals surface area contributed by atoms with Crippen LogP contribution in [0.4, 0.5) is 11.4 Å². The minimum atomic E-state index is -0.370. The summed E-state index contributed by atoms with van der Waals surface area (Å²) in [5.41, 5.74) is 6.50. The molecule has 0 aliphatic carbocycles. The third-order valence-electron chi connectivity index (χ3n) is 6.39. The number of carbonyl (C=O) groups is 1. The number of aliphatic hydroxyl groups excluding tert-OH is 1. The molecule has 1 amide bonds. The lowest BCUT2D eigenvalue weighted by molar-refractivity contribution is 0.102. The van der Waals surface area contributed by atoms with Gasteiger partial charge in [0.2, 0.25) is 5.55 Å². The zero-order valence-electron chi connectivity index (χ0n) is 21.3. The van der Waals surface area contributed by atoms with Crippen LogP contribution in [-0.4, -0.2) is 21.0 Å². The third kappa shape index (κ3) is 4.95. The molecule has 0 unspecified atom stereocenters. The number of amides is 1. The van der Waals surface area contributed by atoms with Crippen LogP contribution in [0.5, 0.6) is 0 Å². The molecule has 2 N–H and O–H groups in total. The highest BCUT2D eigenvalue weighted by Crippen LogP contribution is 2.31. The smallest absolute Gasteiger partial charge is 0.261 e. The highest BCUT2D eigenvalue weighted by Gasteiger charge is 2.17. The number of hydrogen-bond donors (Lipinski definition) is 2. The van der Waals surface area contributed by atoms with Gasteiger partial charge in [0.1, 0.15) is 10.6 Å². The number of nitrogens with zero attached hydrogens (tertiary/aromatic N) is 3. The summed E-state index contributed by atoms with van der Waals surface area (Å²) < 4.78 is 7.33. The molecule has 8 heteroatoms. The Morgan fingerprint density at radius 3 is 2.59 bits per heavy atom. The van der Waals surface area contributed by atoms with Crippen molar-refractivity contribution in [2.45, 2.75) is 20.5 Å². The van der Waals surface area contributed by atoms with Gasteiger partial charge in [-0.1, -0.05) is 24.3 Å². The molecule has 0 radical (unpaired) electrons. The van der Waals surface area contributed by atoms with Crippen molar-refractivity contribution in [2.75, 3.05) is 5.32 Å². The molecule has 0 atom stereocenters. The van der Waals surface area contributed by atoms with Gasteiger partial charge in [0, 0.05) is 28.4 Å². The summed E-state index contributed by atoms with van der Waals surface area (Å²) >= 11 is 1.65. The number of carbonyl (C=O) groups excluding carboxylic acids is 1. The minimum Gasteiger partial charge on any atom is -0.436 e. The fourth-order valence-electron chi connectivity index (χ4n) is 4.33. The Hall–Kier alpha value is -4.66. The lowest BCUT2D eigenvalue weighted by atomic mass is 10.1. The first kappa shape index (κ1) is 24.7. The molecule has 6 rings (SSSR count). The SMILES string of the molecule is Cc1ccc2nc(-c3ccc(N=c4oc5c(C)ncc(CO)c5cc4C(=O)Nc4ccccc4)cc3)sc2c1. The molecule has 0 aliphatic rings. The van der Waals surface area contributed by atoms with E-state index in [0.717, 1.165) is 20.8 Å². The number of fused-ring (bicyclic) bond motifs is 2. The molecule has 6 aromatic rings. The number of rotatable bonds is 5. The molecule has 0 fully saturated rings. The molecule has 192 valence electrons. The van der Waals surface area contributed by atoms with Crippen LogP contribution in [0.1, 0.15) is 27.2 Å². The summed E-state index contributed by atoms with van der Waals surface area (Å²) in [6.45, 7) is 3.65. The van der Waals surface area contributed by atoms with Crippen LogP contribution in [-0.2, 0) is 6.61 Å². The molecular weight excluding hydrogens is 508 g/mol. The van der Waals surface area contributed by atoms with E-state index in [0.29, 0.717) is 33.6 Å². The van der Waals surface area contributed by atoms with Crippen LogP contribution >= 0.6 is 11.3 Å². The number of para-hydroxylation sites is 1. The molecule has 0 spiro atoms. The first-order chi connectivity index (χ1) is 19.0. The summed E-state index contributed by atoms with van der Waals surface area (Å²) in [4.78, 5) is 27.2. The first-order valence-corrected chi connectivity index (χ1v) is 13.2. The number of benzene rings is 3. The summed E-state index contributed by atoms with van der Waals surface area (Å²) in [7, 11) is 0. The zero-order chi connectivity index (χ0) is 26.9. The van der Waals surface area contributed by atoms with E-state index in [-0.39, 0.29) is 23.6 Å². The normalized spacial score (nSPS) is 11.8. The van der Waals surface area contributed by atoms with Gasteiger partial charge < -0.3 is 14.8 Å². The lowest BCUT2D eigenvalue weighted by Crippen LogP contribution is -2.22. The number of thiazole rings is 1. The average Bonchev–Trinajstić information content (AvgIpc) is 3.37. The Kier molecular flexibility index (Phi) is 6.48. The van der Waals surface area contributed by atoms with E-state index in [1.165, 1.54) is 5.56 Å². The molecule has 0 bridgehead atoms. The zero-order valence-corrected chi connectivity index (χ0v) is 22.1. The van der Waals surface area contributed by atoms with E-state index in [4.69, 9.17) is 14.4 Å². The van der Waals surface area contributed by atoms with Crippen molar-refractivity contribution in [2.24, 2.45) is 4.99 Å². The predicted octanol–water partition coefficient (Wildman–Crippen LogP) is 6.70. The van der Waals surface area contributed by atoms with E-state index < -0.39 is 0 Å². The van der Waals surface area contributed by atoms with Gasteiger partial charge in [-0.3, -0.25) is 9.78 Å². The maximum atomic E-state index is 13.4. The summed E-state index contributed by atoms with van der Waals surface area (Å²) in [6, 6.07) is 24.8. The second kappa shape index (κ2) is 10.2. The number of aliphatic hydroxyl groups is 1. The summed E-state index contributed by atoms with van der Waals surface area (Å²) in [5.74, 6) is -0.370. The van der Waals surface area contributed by atoms with Crippen LogP contribution in [0.25, 0.3) is 31.8 Å². The van der Waals surface area contributed by atoms with E-state index in [2.05, 4.69) is 29.4 Å². The summed E-state index contributed by atoms with van der Waals surface area (Å²) in [6.07, 6.45) is 1.59. The molecule has 3 aromatic carbocycles. The van der Waals surface area contributed by atoms with E-state index in [9.17, 15) is 9.90 Å². The summed E-state index contributed by atoms with van der Waals surface area (Å²) in [5, 5.41) is 14.3. The van der Waals surface area contributed by atoms with Crippen LogP contribution < -0.4 is 10.9 Å². The predicted molar refractivity (Wildman–Crippen MR) is 154 cm³/mol. The molecule has 7 nitrogen and oxygen atoms in total. The van der Waals surface area contributed by atoms with Crippen molar-refractivity contribution in [3.05, 3.63) is 113 Å². The van der Waals surface area contributed by atoms with Gasteiger partial charge in [-0.05, 0) is 74.0 Å². The van der Waals surface area contributed by atoms with E-state index in [1.807, 2.05) is 67.6 Å². The molecule has 0 saturated heterocycles. The Labute approximate surface area is 228 Å². The Morgan fingerprint density at radius 1 is 1.03 bits per heavy atom. The quantitative estimate of drug-likeness (QED) is 0.257. The van der Waals surface area contributed by atoms with Crippen LogP contribution in [0.3, 0.4) is 0 Å². The number of aromatic nitrogens is 2. The Morgan fingerprint density at radius 2 is 1.82 bits per heavy atom. The van der Waals surface area contributed by atoms with Gasteiger partial charge in [0.25, 0.3) is 5.91 Å². The van der Waals surface area contributed by atoms with Crippen LogP contribution in [0, 0.1) is 13.8 Å². The van der Waals surface area contributed by atoms with Gasteiger partial charge >= 0.3 is 0 Å². The molecule has 0 aliphatic heterocycles. The van der Waals surface area contributed by atoms with Gasteiger partial charge in [0.05, 0.1) is 28.2 Å². The number of pyridine rings is 1. The van der Waals surface area contributed by atoms with Crippen molar-refractivity contribution in [3.63, 3.8) is 0 Å². The monoisotopic (exact) mass is 532 g/mol. The van der Waals surface area contributed by atoms with E-state index in [1.54, 1.807) is 23.6 Å². The fraction of sp³-hybridized carbons (Fsp3) is 0.0968. The lowest BCUT2D eigenvalue weighted by Gasteiger charge is -2.10. The average molecular weight is 533 g/mol. The molecule has 3 heterocycles. The number of nitrogens with one attached hydrogen (secondary N) is 1. The van der Waals surface area contributed by atoms with Crippen molar-refractivity contribution < 1.29 is 14.3 Å². The largest absolute Gasteiger partial charge is 0.436 e. The second-order valence-corrected chi connectivity index (χ2v) is 10.2. The molecule has 3 aromatic heterocycles. The molecular formula is C31H24N4O3S. The van der Waals surface area contributed by atoms with Gasteiger partial charge in [-0.2, -0.15) is 0 Å². The number of hydrogen-bond acceptors (Lipinski definition) is 7. The standard InChI is InChI=1S/C31H24N4O3S/c1-18-8-13-26-27(14-18)39-31(35-26)20-9-11-23(12-10-20)34-30-25(29(37)33-22-6-4-3-5-7-22)15-24-21(17-36)16-32-19(2)28(24)38-30/h3-16,36H,17H2,1-2H3,(H,33,37).